The molecule has 0 aromatic heterocycles. The summed E-state index contributed by atoms with van der Waals surface area (Å²) in [7, 11) is 0. The van der Waals surface area contributed by atoms with Gasteiger partial charge in [-0.25, -0.2) is 0 Å². The Morgan fingerprint density at radius 3 is 2.75 bits per heavy atom. The van der Waals surface area contributed by atoms with Gasteiger partial charge in [-0.2, -0.15) is 0 Å². The minimum Gasteiger partial charge on any atom is -0.330 e. The molecule has 0 aromatic carbocycles. The number of rotatable bonds is 2. The summed E-state index contributed by atoms with van der Waals surface area (Å²) in [5, 5.41) is 0. The topological polar surface area (TPSA) is 26.0 Å². The second kappa shape index (κ2) is 3.44. The van der Waals surface area contributed by atoms with Gasteiger partial charge < -0.3 is 5.73 Å². The van der Waals surface area contributed by atoms with E-state index in [2.05, 4.69) is 26.5 Å². The Bertz CT molecular complexity index is 211. The van der Waals surface area contributed by atoms with Crippen molar-refractivity contribution in [1.82, 2.24) is 0 Å². The van der Waals surface area contributed by atoms with Crippen LogP contribution in [0.4, 0.5) is 0 Å². The van der Waals surface area contributed by atoms with Gasteiger partial charge in [0.05, 0.1) is 0 Å². The van der Waals surface area contributed by atoms with E-state index in [-0.39, 0.29) is 0 Å². The molecule has 0 saturated carbocycles. The number of allylic oxidation sites excluding steroid dienone is 2. The maximum Gasteiger partial charge on any atom is -0.00397 e. The van der Waals surface area contributed by atoms with Crippen LogP contribution in [0.15, 0.2) is 23.8 Å². The van der Waals surface area contributed by atoms with Gasteiger partial charge in [-0.1, -0.05) is 37.6 Å². The van der Waals surface area contributed by atoms with Gasteiger partial charge >= 0.3 is 0 Å². The van der Waals surface area contributed by atoms with Gasteiger partial charge in [0.25, 0.3) is 0 Å². The molecular weight excluding hydrogens is 146 g/mol. The molecule has 0 aromatic rings. The van der Waals surface area contributed by atoms with Crippen molar-refractivity contribution in [3.8, 4) is 0 Å². The quantitative estimate of drug-likeness (QED) is 0.625. The molecule has 0 aliphatic heterocycles. The third-order valence-electron chi connectivity index (χ3n) is 2.61. The number of nitrogens with two attached hydrogens (primary N) is 1. The lowest BCUT2D eigenvalue weighted by atomic mass is 9.73. The predicted octanol–water partition coefficient (Wildman–Crippen LogP) is 2.64. The van der Waals surface area contributed by atoms with E-state index >= 15 is 0 Å². The van der Waals surface area contributed by atoms with Gasteiger partial charge in [-0.3, -0.25) is 0 Å². The fraction of sp³-hybridized carbons (Fsp3) is 0.636. The lowest BCUT2D eigenvalue weighted by Gasteiger charge is -2.33. The molecule has 1 nitrogen and oxygen atoms in total. The Morgan fingerprint density at radius 2 is 2.25 bits per heavy atom. The van der Waals surface area contributed by atoms with Crippen molar-refractivity contribution in [1.29, 1.82) is 0 Å². The minimum atomic E-state index is 0.300. The molecule has 0 unspecified atom stereocenters. The Balaban J connectivity index is 2.76. The second-order valence-electron chi connectivity index (χ2n) is 4.28. The smallest absolute Gasteiger partial charge is 0.00397 e. The van der Waals surface area contributed by atoms with Gasteiger partial charge in [0.2, 0.25) is 0 Å². The molecule has 0 heterocycles. The molecule has 1 rings (SSSR count). The lowest BCUT2D eigenvalue weighted by Crippen LogP contribution is -2.21. The van der Waals surface area contributed by atoms with Crippen molar-refractivity contribution >= 4 is 0 Å². The van der Waals surface area contributed by atoms with E-state index < -0.39 is 0 Å². The Labute approximate surface area is 75.3 Å². The maximum absolute atomic E-state index is 5.55. The van der Waals surface area contributed by atoms with Crippen LogP contribution in [0.2, 0.25) is 0 Å². The van der Waals surface area contributed by atoms with Crippen LogP contribution in [0, 0.1) is 5.41 Å². The summed E-state index contributed by atoms with van der Waals surface area (Å²) in [6, 6.07) is 0. The molecule has 0 amide bonds. The minimum absolute atomic E-state index is 0.300. The average Bonchev–Trinajstić information content (AvgIpc) is 1.94. The van der Waals surface area contributed by atoms with Crippen LogP contribution in [-0.4, -0.2) is 6.54 Å². The van der Waals surface area contributed by atoms with Crippen molar-refractivity contribution in [3.05, 3.63) is 23.8 Å². The normalized spacial score (nSPS) is 22.2. The first-order valence-corrected chi connectivity index (χ1v) is 4.62. The molecule has 0 radical (unpaired) electrons. The van der Waals surface area contributed by atoms with E-state index in [1.54, 1.807) is 0 Å². The lowest BCUT2D eigenvalue weighted by molar-refractivity contribution is 0.410. The van der Waals surface area contributed by atoms with E-state index in [1.807, 2.05) is 0 Å². The molecule has 0 spiro atoms. The largest absolute Gasteiger partial charge is 0.330 e. The van der Waals surface area contributed by atoms with Crippen LogP contribution in [0.1, 0.15) is 33.1 Å². The monoisotopic (exact) mass is 165 g/mol. The molecule has 0 atom stereocenters. The van der Waals surface area contributed by atoms with Crippen molar-refractivity contribution in [3.63, 3.8) is 0 Å². The summed E-state index contributed by atoms with van der Waals surface area (Å²) >= 11 is 0. The van der Waals surface area contributed by atoms with E-state index in [0.29, 0.717) is 5.41 Å². The Hall–Kier alpha value is -0.560. The third-order valence-corrected chi connectivity index (χ3v) is 2.61. The number of hydrogen-bond acceptors (Lipinski definition) is 1. The molecule has 1 heteroatoms. The Morgan fingerprint density at radius 1 is 1.58 bits per heavy atom. The van der Waals surface area contributed by atoms with Crippen molar-refractivity contribution in [2.45, 2.75) is 33.1 Å². The van der Waals surface area contributed by atoms with Crippen LogP contribution >= 0.6 is 0 Å². The fourth-order valence-corrected chi connectivity index (χ4v) is 1.95. The summed E-state index contributed by atoms with van der Waals surface area (Å²) in [5.74, 6) is 0. The van der Waals surface area contributed by atoms with Gasteiger partial charge in [0, 0.05) is 0 Å². The van der Waals surface area contributed by atoms with Gasteiger partial charge in [-0.15, -0.1) is 0 Å². The summed E-state index contributed by atoms with van der Waals surface area (Å²) in [6.07, 6.45) is 5.52. The fourth-order valence-electron chi connectivity index (χ4n) is 1.95. The summed E-state index contributed by atoms with van der Waals surface area (Å²) in [5.41, 5.74) is 8.71. The van der Waals surface area contributed by atoms with E-state index in [9.17, 15) is 0 Å². The highest BCUT2D eigenvalue weighted by Crippen LogP contribution is 2.39. The Kier molecular flexibility index (Phi) is 2.73. The molecule has 68 valence electrons. The highest BCUT2D eigenvalue weighted by molar-refractivity contribution is 5.24. The first-order valence-electron chi connectivity index (χ1n) is 4.62. The van der Waals surface area contributed by atoms with E-state index in [4.69, 9.17) is 5.73 Å². The first kappa shape index (κ1) is 9.53. The standard InChI is InChI=1S/C11H19N/c1-9-4-5-10(6-7-12)11(2,3)8-9/h5H,1,4,6-8,12H2,2-3H3. The van der Waals surface area contributed by atoms with Crippen LogP contribution in [0.5, 0.6) is 0 Å². The second-order valence-corrected chi connectivity index (χ2v) is 4.28. The van der Waals surface area contributed by atoms with Gasteiger partial charge in [0.15, 0.2) is 0 Å². The molecule has 2 N–H and O–H groups in total. The number of hydrogen-bond donors (Lipinski definition) is 1. The zero-order valence-electron chi connectivity index (χ0n) is 8.19. The highest BCUT2D eigenvalue weighted by Gasteiger charge is 2.26. The highest BCUT2D eigenvalue weighted by atomic mass is 14.5. The molecular formula is C11H19N. The average molecular weight is 165 g/mol. The van der Waals surface area contributed by atoms with Crippen LogP contribution in [-0.2, 0) is 0 Å². The molecule has 12 heavy (non-hydrogen) atoms. The first-order chi connectivity index (χ1) is 5.56. The van der Waals surface area contributed by atoms with Crippen molar-refractivity contribution in [2.75, 3.05) is 6.54 Å². The zero-order chi connectivity index (χ0) is 9.19. The predicted molar refractivity (Wildman–Crippen MR) is 53.9 cm³/mol. The zero-order valence-corrected chi connectivity index (χ0v) is 8.19. The third kappa shape index (κ3) is 1.98. The van der Waals surface area contributed by atoms with E-state index in [0.717, 1.165) is 25.8 Å². The van der Waals surface area contributed by atoms with Gasteiger partial charge in [-0.05, 0) is 31.2 Å². The summed E-state index contributed by atoms with van der Waals surface area (Å²) in [6.45, 7) is 9.35. The van der Waals surface area contributed by atoms with Gasteiger partial charge in [0.1, 0.15) is 0 Å². The summed E-state index contributed by atoms with van der Waals surface area (Å²) in [4.78, 5) is 0. The van der Waals surface area contributed by atoms with Crippen LogP contribution < -0.4 is 5.73 Å². The van der Waals surface area contributed by atoms with Crippen LogP contribution in [0.3, 0.4) is 0 Å². The van der Waals surface area contributed by atoms with Crippen LogP contribution in [0.25, 0.3) is 0 Å². The molecule has 0 fully saturated rings. The summed E-state index contributed by atoms with van der Waals surface area (Å²) < 4.78 is 0. The van der Waals surface area contributed by atoms with E-state index in [1.165, 1.54) is 11.1 Å². The van der Waals surface area contributed by atoms with Crippen molar-refractivity contribution < 1.29 is 0 Å². The maximum atomic E-state index is 5.55. The molecule has 1 aliphatic carbocycles. The SMILES string of the molecule is C=C1CC=C(CCN)C(C)(C)C1. The molecule has 0 saturated heterocycles. The molecule has 1 aliphatic rings. The van der Waals surface area contributed by atoms with Crippen molar-refractivity contribution in [2.24, 2.45) is 11.1 Å². The molecule has 0 bridgehead atoms.